The SMILES string of the molecule is Cn1cc(C(=O)N2CC[C@@H](Oc3ccc4c(c3)NC(=O)CC4)[C@H](O)C2)c2ccccc21. The van der Waals surface area contributed by atoms with Gasteiger partial charge in [-0.25, -0.2) is 0 Å². The Balaban J connectivity index is 1.28. The summed E-state index contributed by atoms with van der Waals surface area (Å²) in [4.78, 5) is 26.5. The van der Waals surface area contributed by atoms with E-state index < -0.39 is 12.2 Å². The summed E-state index contributed by atoms with van der Waals surface area (Å²) >= 11 is 0. The standard InChI is InChI=1S/C24H25N3O4/c1-26-13-18(17-4-2-3-5-20(17)26)24(30)27-11-10-22(21(28)14-27)31-16-8-6-15-7-9-23(29)25-19(15)12-16/h2-6,8,12-13,21-22,28H,7,9-11,14H2,1H3,(H,25,29)/t21-,22-/m1/s1. The van der Waals surface area contributed by atoms with Crippen LogP contribution in [0.1, 0.15) is 28.8 Å². The molecule has 2 atom stereocenters. The van der Waals surface area contributed by atoms with Crippen molar-refractivity contribution in [1.29, 1.82) is 0 Å². The normalized spacial score (nSPS) is 21.0. The van der Waals surface area contributed by atoms with Crippen LogP contribution in [0, 0.1) is 0 Å². The van der Waals surface area contributed by atoms with E-state index in [-0.39, 0.29) is 18.4 Å². The van der Waals surface area contributed by atoms with Gasteiger partial charge in [-0.2, -0.15) is 0 Å². The Morgan fingerprint density at radius 2 is 2.03 bits per heavy atom. The Bertz CT molecular complexity index is 1170. The van der Waals surface area contributed by atoms with Crippen LogP contribution in [0.4, 0.5) is 5.69 Å². The first-order chi connectivity index (χ1) is 15.0. The van der Waals surface area contributed by atoms with Gasteiger partial charge in [0.25, 0.3) is 5.91 Å². The number of rotatable bonds is 3. The van der Waals surface area contributed by atoms with Crippen molar-refractivity contribution in [2.45, 2.75) is 31.5 Å². The van der Waals surface area contributed by atoms with Crippen molar-refractivity contribution in [3.63, 3.8) is 0 Å². The number of aliphatic hydroxyl groups excluding tert-OH is 1. The average Bonchev–Trinajstić information content (AvgIpc) is 3.11. The second kappa shape index (κ2) is 7.74. The number of fused-ring (bicyclic) bond motifs is 2. The number of carbonyl (C=O) groups is 2. The fourth-order valence-corrected chi connectivity index (χ4v) is 4.51. The molecule has 2 aromatic carbocycles. The minimum atomic E-state index is -0.793. The van der Waals surface area contributed by atoms with Crippen LogP contribution in [0.25, 0.3) is 10.9 Å². The van der Waals surface area contributed by atoms with Gasteiger partial charge >= 0.3 is 0 Å². The third-order valence-corrected chi connectivity index (χ3v) is 6.20. The number of hydrogen-bond donors (Lipinski definition) is 2. The van der Waals surface area contributed by atoms with Crippen molar-refractivity contribution in [3.8, 4) is 5.75 Å². The van der Waals surface area contributed by atoms with Gasteiger partial charge in [-0.05, 0) is 24.1 Å². The topological polar surface area (TPSA) is 83.8 Å². The van der Waals surface area contributed by atoms with Crippen molar-refractivity contribution >= 4 is 28.4 Å². The molecule has 0 unspecified atom stereocenters. The van der Waals surface area contributed by atoms with Gasteiger partial charge in [0, 0.05) is 55.3 Å². The van der Waals surface area contributed by atoms with Gasteiger partial charge in [0.15, 0.2) is 0 Å². The molecule has 5 rings (SSSR count). The Labute approximate surface area is 180 Å². The quantitative estimate of drug-likeness (QED) is 0.684. The van der Waals surface area contributed by atoms with Crippen molar-refractivity contribution in [2.24, 2.45) is 7.05 Å². The second-order valence-electron chi connectivity index (χ2n) is 8.30. The molecule has 0 saturated carbocycles. The molecule has 1 saturated heterocycles. The molecule has 0 bridgehead atoms. The lowest BCUT2D eigenvalue weighted by Crippen LogP contribution is -2.51. The maximum absolute atomic E-state index is 13.1. The molecule has 0 aliphatic carbocycles. The van der Waals surface area contributed by atoms with E-state index in [2.05, 4.69) is 5.32 Å². The minimum Gasteiger partial charge on any atom is -0.488 e. The minimum absolute atomic E-state index is 0.00458. The fraction of sp³-hybridized carbons (Fsp3) is 0.333. The van der Waals surface area contributed by atoms with Crippen molar-refractivity contribution in [2.75, 3.05) is 18.4 Å². The van der Waals surface area contributed by atoms with Crippen LogP contribution in [0.15, 0.2) is 48.7 Å². The zero-order valence-electron chi connectivity index (χ0n) is 17.4. The smallest absolute Gasteiger partial charge is 0.256 e. The van der Waals surface area contributed by atoms with Crippen LogP contribution in [0.5, 0.6) is 5.75 Å². The largest absolute Gasteiger partial charge is 0.488 e. The zero-order chi connectivity index (χ0) is 21.5. The molecule has 2 N–H and O–H groups in total. The molecule has 31 heavy (non-hydrogen) atoms. The highest BCUT2D eigenvalue weighted by Crippen LogP contribution is 2.29. The lowest BCUT2D eigenvalue weighted by molar-refractivity contribution is -0.116. The maximum atomic E-state index is 13.1. The second-order valence-corrected chi connectivity index (χ2v) is 8.30. The third-order valence-electron chi connectivity index (χ3n) is 6.20. The predicted octanol–water partition coefficient (Wildman–Crippen LogP) is 2.72. The Hall–Kier alpha value is -3.32. The molecule has 1 fully saturated rings. The average molecular weight is 419 g/mol. The molecule has 3 heterocycles. The molecule has 7 nitrogen and oxygen atoms in total. The summed E-state index contributed by atoms with van der Waals surface area (Å²) < 4.78 is 7.98. The van der Waals surface area contributed by atoms with E-state index in [0.29, 0.717) is 30.7 Å². The summed E-state index contributed by atoms with van der Waals surface area (Å²) in [6, 6.07) is 13.5. The monoisotopic (exact) mass is 419 g/mol. The van der Waals surface area contributed by atoms with Gasteiger partial charge in [-0.15, -0.1) is 0 Å². The molecule has 7 heteroatoms. The number of aromatic nitrogens is 1. The first-order valence-corrected chi connectivity index (χ1v) is 10.6. The maximum Gasteiger partial charge on any atom is 0.256 e. The van der Waals surface area contributed by atoms with Crippen LogP contribution in [-0.2, 0) is 18.3 Å². The van der Waals surface area contributed by atoms with Crippen LogP contribution < -0.4 is 10.1 Å². The molecule has 1 aromatic heterocycles. The van der Waals surface area contributed by atoms with E-state index in [0.717, 1.165) is 28.6 Å². The van der Waals surface area contributed by atoms with Crippen molar-refractivity contribution in [3.05, 3.63) is 59.8 Å². The number of amides is 2. The highest BCUT2D eigenvalue weighted by Gasteiger charge is 2.33. The summed E-state index contributed by atoms with van der Waals surface area (Å²) in [5.41, 5.74) is 3.51. The predicted molar refractivity (Wildman–Crippen MR) is 117 cm³/mol. The van der Waals surface area contributed by atoms with Crippen LogP contribution in [-0.4, -0.2) is 51.7 Å². The van der Waals surface area contributed by atoms with Gasteiger partial charge in [0.2, 0.25) is 5.91 Å². The van der Waals surface area contributed by atoms with Crippen LogP contribution in [0.3, 0.4) is 0 Å². The highest BCUT2D eigenvalue weighted by atomic mass is 16.5. The number of carbonyl (C=O) groups excluding carboxylic acids is 2. The number of ether oxygens (including phenoxy) is 1. The Kier molecular flexibility index (Phi) is 4.90. The van der Waals surface area contributed by atoms with E-state index in [9.17, 15) is 14.7 Å². The Morgan fingerprint density at radius 3 is 2.87 bits per heavy atom. The first kappa shape index (κ1) is 19.6. The molecule has 0 radical (unpaired) electrons. The molecule has 2 aliphatic rings. The van der Waals surface area contributed by atoms with Gasteiger partial charge in [-0.1, -0.05) is 24.3 Å². The Morgan fingerprint density at radius 1 is 1.19 bits per heavy atom. The highest BCUT2D eigenvalue weighted by molar-refractivity contribution is 6.07. The van der Waals surface area contributed by atoms with E-state index >= 15 is 0 Å². The van der Waals surface area contributed by atoms with Crippen LogP contribution >= 0.6 is 0 Å². The lowest BCUT2D eigenvalue weighted by atomic mass is 10.0. The number of likely N-dealkylation sites (tertiary alicyclic amines) is 1. The summed E-state index contributed by atoms with van der Waals surface area (Å²) in [5, 5.41) is 14.5. The van der Waals surface area contributed by atoms with E-state index in [1.54, 1.807) is 4.90 Å². The third kappa shape index (κ3) is 3.65. The number of nitrogens with one attached hydrogen (secondary N) is 1. The molecular weight excluding hydrogens is 394 g/mol. The van der Waals surface area contributed by atoms with E-state index in [1.807, 2.05) is 60.3 Å². The van der Waals surface area contributed by atoms with Crippen molar-refractivity contribution < 1.29 is 19.4 Å². The van der Waals surface area contributed by atoms with Gasteiger partial charge in [-0.3, -0.25) is 9.59 Å². The number of benzene rings is 2. The molecule has 2 aliphatic heterocycles. The summed E-state index contributed by atoms with van der Waals surface area (Å²) in [6.45, 7) is 0.722. The van der Waals surface area contributed by atoms with Gasteiger partial charge in [0.05, 0.1) is 12.1 Å². The number of nitrogens with zero attached hydrogens (tertiary/aromatic N) is 2. The molecule has 160 valence electrons. The molecular formula is C24H25N3O4. The first-order valence-electron chi connectivity index (χ1n) is 10.6. The van der Waals surface area contributed by atoms with Gasteiger partial charge in [0.1, 0.15) is 18.0 Å². The number of β-amino-alcohol motifs (C(OH)–C–C–N with tert-alkyl or cyclic N) is 1. The fourth-order valence-electron chi connectivity index (χ4n) is 4.51. The zero-order valence-corrected chi connectivity index (χ0v) is 17.4. The summed E-state index contributed by atoms with van der Waals surface area (Å²) in [5.74, 6) is 0.537. The molecule has 0 spiro atoms. The number of aliphatic hydroxyl groups is 1. The van der Waals surface area contributed by atoms with E-state index in [4.69, 9.17) is 4.74 Å². The molecule has 3 aromatic rings. The number of aryl methyl sites for hydroxylation is 2. The van der Waals surface area contributed by atoms with E-state index in [1.165, 1.54) is 0 Å². The van der Waals surface area contributed by atoms with Gasteiger partial charge < -0.3 is 24.6 Å². The molecule has 2 amide bonds. The number of anilines is 1. The van der Waals surface area contributed by atoms with Crippen molar-refractivity contribution in [1.82, 2.24) is 9.47 Å². The number of para-hydroxylation sites is 1. The summed E-state index contributed by atoms with van der Waals surface area (Å²) in [7, 11) is 1.93. The lowest BCUT2D eigenvalue weighted by Gasteiger charge is -2.36. The number of piperidine rings is 1. The van der Waals surface area contributed by atoms with Crippen LogP contribution in [0.2, 0.25) is 0 Å². The number of hydrogen-bond acceptors (Lipinski definition) is 4. The summed E-state index contributed by atoms with van der Waals surface area (Å²) in [6.07, 6.45) is 2.39.